The van der Waals surface area contributed by atoms with Gasteiger partial charge in [0.25, 0.3) is 0 Å². The highest BCUT2D eigenvalue weighted by Gasteiger charge is 2.03. The standard InChI is InChI=1S/C11H9Cl2N3O/c12-10-5-9(11(13)16-15-10)14-6-7-1-3-8(17)4-2-7/h1-5,17H,6H2,(H,14,15). The van der Waals surface area contributed by atoms with Crippen LogP contribution >= 0.6 is 23.2 Å². The van der Waals surface area contributed by atoms with Crippen LogP contribution in [-0.2, 0) is 6.54 Å². The molecule has 0 aliphatic heterocycles. The third-order valence-corrected chi connectivity index (χ3v) is 2.60. The molecule has 2 N–H and O–H groups in total. The van der Waals surface area contributed by atoms with Crippen molar-refractivity contribution in [2.24, 2.45) is 0 Å². The van der Waals surface area contributed by atoms with Gasteiger partial charge in [-0.2, -0.15) is 0 Å². The number of hydrogen-bond acceptors (Lipinski definition) is 4. The summed E-state index contributed by atoms with van der Waals surface area (Å²) in [6.45, 7) is 0.558. The number of aromatic nitrogens is 2. The fourth-order valence-electron chi connectivity index (χ4n) is 1.29. The zero-order chi connectivity index (χ0) is 12.3. The van der Waals surface area contributed by atoms with Gasteiger partial charge in [-0.05, 0) is 17.7 Å². The SMILES string of the molecule is Oc1ccc(CNc2cc(Cl)nnc2Cl)cc1. The lowest BCUT2D eigenvalue weighted by Gasteiger charge is -2.07. The summed E-state index contributed by atoms with van der Waals surface area (Å²) >= 11 is 11.6. The summed E-state index contributed by atoms with van der Waals surface area (Å²) < 4.78 is 0. The first kappa shape index (κ1) is 12.0. The van der Waals surface area contributed by atoms with Crippen LogP contribution in [-0.4, -0.2) is 15.3 Å². The number of rotatable bonds is 3. The summed E-state index contributed by atoms with van der Waals surface area (Å²) in [6, 6.07) is 8.48. The molecule has 17 heavy (non-hydrogen) atoms. The van der Waals surface area contributed by atoms with Gasteiger partial charge in [-0.15, -0.1) is 10.2 Å². The normalized spacial score (nSPS) is 10.2. The van der Waals surface area contributed by atoms with Gasteiger partial charge in [0, 0.05) is 12.6 Å². The van der Waals surface area contributed by atoms with E-state index in [9.17, 15) is 0 Å². The van der Waals surface area contributed by atoms with Crippen molar-refractivity contribution in [2.75, 3.05) is 5.32 Å². The Bertz CT molecular complexity index is 517. The molecular formula is C11H9Cl2N3O. The van der Waals surface area contributed by atoms with Gasteiger partial charge in [0.2, 0.25) is 0 Å². The van der Waals surface area contributed by atoms with E-state index in [2.05, 4.69) is 15.5 Å². The fraction of sp³-hybridized carbons (Fsp3) is 0.0909. The van der Waals surface area contributed by atoms with Crippen LogP contribution in [0.5, 0.6) is 5.75 Å². The predicted molar refractivity (Wildman–Crippen MR) is 67.5 cm³/mol. The molecule has 6 heteroatoms. The second-order valence-corrected chi connectivity index (χ2v) is 4.14. The van der Waals surface area contributed by atoms with Crippen LogP contribution in [0.25, 0.3) is 0 Å². The smallest absolute Gasteiger partial charge is 0.174 e. The highest BCUT2D eigenvalue weighted by molar-refractivity contribution is 6.33. The summed E-state index contributed by atoms with van der Waals surface area (Å²) in [6.07, 6.45) is 0. The van der Waals surface area contributed by atoms with Crippen molar-refractivity contribution in [2.45, 2.75) is 6.54 Å². The van der Waals surface area contributed by atoms with Gasteiger partial charge in [-0.1, -0.05) is 35.3 Å². The number of hydrogen-bond donors (Lipinski definition) is 2. The van der Waals surface area contributed by atoms with Crippen LogP contribution in [0.2, 0.25) is 10.3 Å². The molecule has 1 heterocycles. The molecule has 0 atom stereocenters. The molecule has 0 unspecified atom stereocenters. The highest BCUT2D eigenvalue weighted by Crippen LogP contribution is 2.21. The Morgan fingerprint density at radius 3 is 2.53 bits per heavy atom. The number of phenols is 1. The second-order valence-electron chi connectivity index (χ2n) is 3.39. The van der Waals surface area contributed by atoms with E-state index in [1.165, 1.54) is 0 Å². The third-order valence-electron chi connectivity index (χ3n) is 2.14. The first-order chi connectivity index (χ1) is 8.15. The maximum atomic E-state index is 9.15. The molecule has 0 spiro atoms. The topological polar surface area (TPSA) is 58.0 Å². The molecule has 1 aromatic heterocycles. The van der Waals surface area contributed by atoms with Crippen molar-refractivity contribution in [3.8, 4) is 5.75 Å². The Morgan fingerprint density at radius 2 is 1.82 bits per heavy atom. The van der Waals surface area contributed by atoms with Gasteiger partial charge in [0.05, 0.1) is 5.69 Å². The maximum Gasteiger partial charge on any atom is 0.174 e. The van der Waals surface area contributed by atoms with Crippen molar-refractivity contribution in [3.05, 3.63) is 46.2 Å². The van der Waals surface area contributed by atoms with Crippen molar-refractivity contribution >= 4 is 28.9 Å². The van der Waals surface area contributed by atoms with Gasteiger partial charge in [0.1, 0.15) is 5.75 Å². The van der Waals surface area contributed by atoms with Crippen molar-refractivity contribution in [1.82, 2.24) is 10.2 Å². The Kier molecular flexibility index (Phi) is 3.66. The Hall–Kier alpha value is -1.52. The summed E-state index contributed by atoms with van der Waals surface area (Å²) in [5.74, 6) is 0.236. The molecular weight excluding hydrogens is 261 g/mol. The molecule has 0 aliphatic rings. The molecule has 4 nitrogen and oxygen atoms in total. The lowest BCUT2D eigenvalue weighted by molar-refractivity contribution is 0.475. The van der Waals surface area contributed by atoms with E-state index >= 15 is 0 Å². The van der Waals surface area contributed by atoms with E-state index in [0.717, 1.165) is 5.56 Å². The number of benzene rings is 1. The summed E-state index contributed by atoms with van der Waals surface area (Å²) in [5, 5.41) is 20.1. The molecule has 88 valence electrons. The number of phenolic OH excluding ortho intramolecular Hbond substituents is 1. The second kappa shape index (κ2) is 5.21. The van der Waals surface area contributed by atoms with Crippen molar-refractivity contribution in [3.63, 3.8) is 0 Å². The molecule has 0 bridgehead atoms. The summed E-state index contributed by atoms with van der Waals surface area (Å²) in [5.41, 5.74) is 1.63. The van der Waals surface area contributed by atoms with E-state index in [-0.39, 0.29) is 16.1 Å². The van der Waals surface area contributed by atoms with Gasteiger partial charge in [0.15, 0.2) is 10.3 Å². The number of nitrogens with zero attached hydrogens (tertiary/aromatic N) is 2. The molecule has 0 amide bonds. The van der Waals surface area contributed by atoms with Gasteiger partial charge in [-0.25, -0.2) is 0 Å². The van der Waals surface area contributed by atoms with Crippen LogP contribution < -0.4 is 5.32 Å². The zero-order valence-corrected chi connectivity index (χ0v) is 10.2. The van der Waals surface area contributed by atoms with Gasteiger partial charge in [-0.3, -0.25) is 0 Å². The quantitative estimate of drug-likeness (QED) is 0.899. The average Bonchev–Trinajstić information content (AvgIpc) is 2.32. The van der Waals surface area contributed by atoms with E-state index in [4.69, 9.17) is 28.3 Å². The summed E-state index contributed by atoms with van der Waals surface area (Å²) in [4.78, 5) is 0. The number of halogens is 2. The van der Waals surface area contributed by atoms with E-state index in [1.54, 1.807) is 18.2 Å². The Morgan fingerprint density at radius 1 is 1.12 bits per heavy atom. The van der Waals surface area contributed by atoms with E-state index in [1.807, 2.05) is 12.1 Å². The summed E-state index contributed by atoms with van der Waals surface area (Å²) in [7, 11) is 0. The molecule has 0 saturated heterocycles. The number of anilines is 1. The average molecular weight is 270 g/mol. The highest BCUT2D eigenvalue weighted by atomic mass is 35.5. The van der Waals surface area contributed by atoms with E-state index in [0.29, 0.717) is 12.2 Å². The molecule has 0 aliphatic carbocycles. The molecule has 0 saturated carbocycles. The number of aromatic hydroxyl groups is 1. The van der Waals surface area contributed by atoms with E-state index < -0.39 is 0 Å². The van der Waals surface area contributed by atoms with Crippen molar-refractivity contribution < 1.29 is 5.11 Å². The van der Waals surface area contributed by atoms with Crippen molar-refractivity contribution in [1.29, 1.82) is 0 Å². The molecule has 1 aromatic carbocycles. The van der Waals surface area contributed by atoms with Crippen LogP contribution in [0.4, 0.5) is 5.69 Å². The monoisotopic (exact) mass is 269 g/mol. The van der Waals surface area contributed by atoms with Gasteiger partial charge >= 0.3 is 0 Å². The maximum absolute atomic E-state index is 9.15. The predicted octanol–water partition coefficient (Wildman–Crippen LogP) is 3.10. The van der Waals surface area contributed by atoms with Crippen LogP contribution in [0.1, 0.15) is 5.56 Å². The molecule has 0 radical (unpaired) electrons. The van der Waals surface area contributed by atoms with Gasteiger partial charge < -0.3 is 10.4 Å². The molecule has 0 fully saturated rings. The van der Waals surface area contributed by atoms with Crippen LogP contribution in [0.15, 0.2) is 30.3 Å². The first-order valence-corrected chi connectivity index (χ1v) is 5.61. The molecule has 2 aromatic rings. The number of nitrogens with one attached hydrogen (secondary N) is 1. The zero-order valence-electron chi connectivity index (χ0n) is 8.69. The largest absolute Gasteiger partial charge is 0.508 e. The minimum absolute atomic E-state index is 0.236. The Balaban J connectivity index is 2.07. The van der Waals surface area contributed by atoms with Crippen LogP contribution in [0.3, 0.4) is 0 Å². The minimum atomic E-state index is 0.236. The minimum Gasteiger partial charge on any atom is -0.508 e. The first-order valence-electron chi connectivity index (χ1n) is 4.85. The van der Waals surface area contributed by atoms with Crippen LogP contribution in [0, 0.1) is 0 Å². The Labute approximate surface area is 108 Å². The lowest BCUT2D eigenvalue weighted by Crippen LogP contribution is -2.01. The third kappa shape index (κ3) is 3.22. The molecule has 2 rings (SSSR count). The fourth-order valence-corrected chi connectivity index (χ4v) is 1.59. The lowest BCUT2D eigenvalue weighted by atomic mass is 10.2.